The van der Waals surface area contributed by atoms with Crippen LogP contribution in [0.4, 0.5) is 11.4 Å². The lowest BCUT2D eigenvalue weighted by molar-refractivity contribution is 0.102. The lowest BCUT2D eigenvalue weighted by Crippen LogP contribution is -2.26. The molecule has 32 heavy (non-hydrogen) atoms. The number of hydrogen-bond donors (Lipinski definition) is 3. The van der Waals surface area contributed by atoms with Gasteiger partial charge in [-0.2, -0.15) is 5.26 Å². The Balaban J connectivity index is 1.93. The van der Waals surface area contributed by atoms with Gasteiger partial charge in [0.25, 0.3) is 5.91 Å². The molecule has 7 nitrogen and oxygen atoms in total. The molecule has 2 unspecified atom stereocenters. The molecule has 0 bridgehead atoms. The molecule has 2 atom stereocenters. The Morgan fingerprint density at radius 1 is 1.28 bits per heavy atom. The van der Waals surface area contributed by atoms with E-state index in [-0.39, 0.29) is 12.3 Å². The number of benzene rings is 2. The van der Waals surface area contributed by atoms with Crippen LogP contribution in [0.1, 0.15) is 41.8 Å². The highest BCUT2D eigenvalue weighted by atomic mass is 32.1. The second-order valence-corrected chi connectivity index (χ2v) is 8.80. The molecule has 4 N–H and O–H groups in total. The number of nitriles is 1. The summed E-state index contributed by atoms with van der Waals surface area (Å²) in [6.07, 6.45) is 0.691. The lowest BCUT2D eigenvalue weighted by Gasteiger charge is -2.27. The Bertz CT molecular complexity index is 1190. The minimum absolute atomic E-state index is 0.186. The molecular weight excluding hydrogens is 445 g/mol. The van der Waals surface area contributed by atoms with E-state index < -0.39 is 13.9 Å². The van der Waals surface area contributed by atoms with Gasteiger partial charge in [-0.1, -0.05) is 32.0 Å². The molecule has 2 aromatic carbocycles. The number of aryl methyl sites for hydroxylation is 1. The first-order valence-corrected chi connectivity index (χ1v) is 12.2. The van der Waals surface area contributed by atoms with E-state index in [0.717, 1.165) is 10.4 Å². The predicted molar refractivity (Wildman–Crippen MR) is 128 cm³/mol. The number of thiophene rings is 1. The Hall–Kier alpha value is -2.95. The number of nitrogen functional groups attached to an aromatic ring is 1. The zero-order valence-corrected chi connectivity index (χ0v) is 19.5. The fourth-order valence-electron chi connectivity index (χ4n) is 3.51. The smallest absolute Gasteiger partial charge is 0.318 e. The molecule has 1 amide bonds. The van der Waals surface area contributed by atoms with Gasteiger partial charge in [0, 0.05) is 16.0 Å². The van der Waals surface area contributed by atoms with Crippen molar-refractivity contribution in [3.05, 3.63) is 70.6 Å². The van der Waals surface area contributed by atoms with Crippen molar-refractivity contribution in [1.29, 1.82) is 5.26 Å². The summed E-state index contributed by atoms with van der Waals surface area (Å²) < 4.78 is 16.5. The molecule has 0 aliphatic rings. The van der Waals surface area contributed by atoms with E-state index in [4.69, 9.17) is 10.3 Å². The van der Waals surface area contributed by atoms with E-state index in [1.54, 1.807) is 42.5 Å². The summed E-state index contributed by atoms with van der Waals surface area (Å²) in [4.78, 5) is 23.3. The molecule has 0 spiro atoms. The van der Waals surface area contributed by atoms with Gasteiger partial charge in [0.05, 0.1) is 11.4 Å². The van der Waals surface area contributed by atoms with E-state index in [0.29, 0.717) is 34.5 Å². The van der Waals surface area contributed by atoms with Gasteiger partial charge >= 0.3 is 8.25 Å². The van der Waals surface area contributed by atoms with Crippen molar-refractivity contribution in [1.82, 2.24) is 0 Å². The van der Waals surface area contributed by atoms with Crippen molar-refractivity contribution in [2.75, 3.05) is 11.1 Å². The summed E-state index contributed by atoms with van der Waals surface area (Å²) in [5.41, 5.74) is 7.97. The molecule has 0 aliphatic heterocycles. The molecule has 0 saturated heterocycles. The van der Waals surface area contributed by atoms with Crippen LogP contribution in [0.5, 0.6) is 0 Å². The van der Waals surface area contributed by atoms with Crippen LogP contribution in [0.25, 0.3) is 10.4 Å². The normalized spacial score (nSPS) is 13.7. The van der Waals surface area contributed by atoms with Gasteiger partial charge in [-0.05, 0) is 59.7 Å². The Kier molecular flexibility index (Phi) is 7.49. The van der Waals surface area contributed by atoms with Crippen molar-refractivity contribution in [3.8, 4) is 16.5 Å². The number of carbonyl (C=O) groups excluding carboxylic acids is 1. The number of carbonyl (C=O) groups is 1. The second kappa shape index (κ2) is 10.1. The van der Waals surface area contributed by atoms with Gasteiger partial charge in [0.15, 0.2) is 5.60 Å². The number of nitrogens with two attached hydrogens (primary N) is 1. The summed E-state index contributed by atoms with van der Waals surface area (Å²) in [7, 11) is -3.35. The quantitative estimate of drug-likeness (QED) is 0.302. The van der Waals surface area contributed by atoms with Crippen LogP contribution in [-0.2, 0) is 21.1 Å². The molecule has 3 rings (SSSR count). The first-order valence-electron chi connectivity index (χ1n) is 10.0. The Labute approximate surface area is 191 Å². The third-order valence-electron chi connectivity index (χ3n) is 5.23. The maximum atomic E-state index is 13.0. The van der Waals surface area contributed by atoms with E-state index in [2.05, 4.69) is 5.32 Å². The van der Waals surface area contributed by atoms with Gasteiger partial charge in [-0.15, -0.1) is 11.3 Å². The highest BCUT2D eigenvalue weighted by Gasteiger charge is 2.35. The summed E-state index contributed by atoms with van der Waals surface area (Å²) in [6, 6.07) is 16.3. The lowest BCUT2D eigenvalue weighted by atomic mass is 9.87. The van der Waals surface area contributed by atoms with Crippen molar-refractivity contribution in [2.24, 2.45) is 0 Å². The standard InChI is InChI=1S/C23H24N3O4PS/c1-3-15-12-17(7-9-18(15)23(4-2,14-24)30-31(28)29)22(27)26-20-13-16(8-10-19(20)25)21-6-5-11-32-21/h5-13,31H,3-4,25H2,1-2H3,(H,26,27)(H,28,29). The van der Waals surface area contributed by atoms with Crippen molar-refractivity contribution in [3.63, 3.8) is 0 Å². The zero-order valence-electron chi connectivity index (χ0n) is 17.7. The first kappa shape index (κ1) is 23.7. The summed E-state index contributed by atoms with van der Waals surface area (Å²) >= 11 is 1.59. The number of nitrogens with zero attached hydrogens (tertiary/aromatic N) is 1. The monoisotopic (exact) mass is 469 g/mol. The topological polar surface area (TPSA) is 125 Å². The fraction of sp³-hybridized carbons (Fsp3) is 0.217. The third-order valence-corrected chi connectivity index (χ3v) is 6.67. The van der Waals surface area contributed by atoms with Crippen LogP contribution in [0.2, 0.25) is 0 Å². The van der Waals surface area contributed by atoms with Crippen LogP contribution < -0.4 is 11.1 Å². The molecule has 1 aromatic heterocycles. The predicted octanol–water partition coefficient (Wildman–Crippen LogP) is 5.34. The molecule has 0 radical (unpaired) electrons. The van der Waals surface area contributed by atoms with Gasteiger partial charge in [-0.3, -0.25) is 13.9 Å². The van der Waals surface area contributed by atoms with Crippen molar-refractivity contribution < 1.29 is 18.8 Å². The number of anilines is 2. The Morgan fingerprint density at radius 2 is 2.06 bits per heavy atom. The number of amides is 1. The highest BCUT2D eigenvalue weighted by molar-refractivity contribution is 7.32. The van der Waals surface area contributed by atoms with Crippen molar-refractivity contribution >= 4 is 36.9 Å². The highest BCUT2D eigenvalue weighted by Crippen LogP contribution is 2.39. The Morgan fingerprint density at radius 3 is 2.66 bits per heavy atom. The number of rotatable bonds is 8. The van der Waals surface area contributed by atoms with E-state index in [9.17, 15) is 19.5 Å². The van der Waals surface area contributed by atoms with Gasteiger partial charge in [0.1, 0.15) is 6.07 Å². The molecule has 9 heteroatoms. The largest absolute Gasteiger partial charge is 0.397 e. The second-order valence-electron chi connectivity index (χ2n) is 7.12. The zero-order chi connectivity index (χ0) is 23.3. The third kappa shape index (κ3) is 4.93. The molecule has 0 aliphatic carbocycles. The van der Waals surface area contributed by atoms with Gasteiger partial charge < -0.3 is 15.9 Å². The van der Waals surface area contributed by atoms with Crippen LogP contribution in [0.15, 0.2) is 53.9 Å². The van der Waals surface area contributed by atoms with Crippen LogP contribution in [0.3, 0.4) is 0 Å². The van der Waals surface area contributed by atoms with E-state index >= 15 is 0 Å². The van der Waals surface area contributed by atoms with Gasteiger partial charge in [-0.25, -0.2) is 0 Å². The summed E-state index contributed by atoms with van der Waals surface area (Å²) in [5, 5.41) is 14.5. The summed E-state index contributed by atoms with van der Waals surface area (Å²) in [6.45, 7) is 3.58. The van der Waals surface area contributed by atoms with Crippen LogP contribution in [-0.4, -0.2) is 10.8 Å². The van der Waals surface area contributed by atoms with Crippen LogP contribution >= 0.6 is 19.6 Å². The minimum Gasteiger partial charge on any atom is -0.397 e. The molecule has 0 saturated carbocycles. The first-order chi connectivity index (χ1) is 15.3. The van der Waals surface area contributed by atoms with Gasteiger partial charge in [0.2, 0.25) is 0 Å². The molecule has 166 valence electrons. The molecule has 0 fully saturated rings. The molecule has 3 aromatic rings. The van der Waals surface area contributed by atoms with Crippen LogP contribution in [0, 0.1) is 11.3 Å². The average molecular weight is 470 g/mol. The van der Waals surface area contributed by atoms with E-state index in [1.165, 1.54) is 0 Å². The van der Waals surface area contributed by atoms with E-state index in [1.807, 2.05) is 42.6 Å². The summed E-state index contributed by atoms with van der Waals surface area (Å²) in [5.74, 6) is -0.350. The molecular formula is C23H24N3O4PS. The number of nitrogens with one attached hydrogen (secondary N) is 1. The average Bonchev–Trinajstić information content (AvgIpc) is 3.33. The maximum absolute atomic E-state index is 13.0. The SMILES string of the molecule is CCc1cc(C(=O)Nc2cc(-c3cccs3)ccc2N)ccc1C(C#N)(CC)O[PH](=O)O. The van der Waals surface area contributed by atoms with Crippen molar-refractivity contribution in [2.45, 2.75) is 32.3 Å². The maximum Gasteiger partial charge on any atom is 0.318 e. The fourth-order valence-corrected chi connectivity index (χ4v) is 4.83. The molecule has 1 heterocycles. The minimum atomic E-state index is -3.35. The number of hydrogen-bond acceptors (Lipinski definition) is 6.